The number of aryl methyl sites for hydroxylation is 1. The van der Waals surface area contributed by atoms with Crippen molar-refractivity contribution in [3.05, 3.63) is 11.9 Å². The second-order valence-electron chi connectivity index (χ2n) is 5.76. The molecule has 2 rings (SSSR count). The fraction of sp³-hybridized carbons (Fsp3) is 0.846. The summed E-state index contributed by atoms with van der Waals surface area (Å²) in [5, 5.41) is 18.9. The molecule has 2 atom stereocenters. The molecule has 1 aromatic heterocycles. The van der Waals surface area contributed by atoms with E-state index in [2.05, 4.69) is 24.2 Å². The van der Waals surface area contributed by atoms with E-state index in [9.17, 15) is 5.11 Å². The van der Waals surface area contributed by atoms with Gasteiger partial charge in [0.25, 0.3) is 0 Å². The summed E-state index contributed by atoms with van der Waals surface area (Å²) in [5.41, 5.74) is 0.324. The predicted octanol–water partition coefficient (Wildman–Crippen LogP) is 1.93. The van der Waals surface area contributed by atoms with Crippen molar-refractivity contribution in [1.29, 1.82) is 0 Å². The summed E-state index contributed by atoms with van der Waals surface area (Å²) in [5.74, 6) is 0.912. The van der Waals surface area contributed by atoms with Crippen LogP contribution in [0.4, 0.5) is 0 Å². The summed E-state index contributed by atoms with van der Waals surface area (Å²) in [6.45, 7) is 4.41. The van der Waals surface area contributed by atoms with Gasteiger partial charge in [-0.15, -0.1) is 5.10 Å². The Morgan fingerprint density at radius 3 is 2.88 bits per heavy atom. The Labute approximate surface area is 103 Å². The molecule has 0 aromatic carbocycles. The lowest BCUT2D eigenvalue weighted by atomic mass is 9.68. The summed E-state index contributed by atoms with van der Waals surface area (Å²) in [4.78, 5) is 0. The molecule has 0 aliphatic heterocycles. The van der Waals surface area contributed by atoms with Crippen LogP contribution in [-0.4, -0.2) is 25.7 Å². The molecule has 96 valence electrons. The number of nitrogens with zero attached hydrogens (tertiary/aromatic N) is 3. The van der Waals surface area contributed by atoms with E-state index >= 15 is 0 Å². The first kappa shape index (κ1) is 12.6. The van der Waals surface area contributed by atoms with Gasteiger partial charge in [-0.1, -0.05) is 31.9 Å². The molecule has 0 radical (unpaired) electrons. The van der Waals surface area contributed by atoms with Gasteiger partial charge in [-0.25, -0.2) is 0 Å². The fourth-order valence-corrected chi connectivity index (χ4v) is 3.21. The Morgan fingerprint density at radius 2 is 2.29 bits per heavy atom. The summed E-state index contributed by atoms with van der Waals surface area (Å²) in [6, 6.07) is 0. The largest absolute Gasteiger partial charge is 0.389 e. The van der Waals surface area contributed by atoms with E-state index in [1.807, 2.05) is 13.2 Å². The molecule has 1 fully saturated rings. The molecular weight excluding hydrogens is 214 g/mol. The van der Waals surface area contributed by atoms with Crippen molar-refractivity contribution in [1.82, 2.24) is 15.0 Å². The van der Waals surface area contributed by atoms with Crippen LogP contribution in [0.2, 0.25) is 0 Å². The molecule has 0 amide bonds. The van der Waals surface area contributed by atoms with Gasteiger partial charge in [-0.3, -0.25) is 4.68 Å². The van der Waals surface area contributed by atoms with E-state index in [4.69, 9.17) is 0 Å². The minimum atomic E-state index is -0.581. The van der Waals surface area contributed by atoms with Crippen LogP contribution in [0.1, 0.15) is 45.2 Å². The first-order valence-electron chi connectivity index (χ1n) is 6.59. The van der Waals surface area contributed by atoms with Crippen molar-refractivity contribution in [3.63, 3.8) is 0 Å². The second-order valence-corrected chi connectivity index (χ2v) is 5.76. The molecule has 17 heavy (non-hydrogen) atoms. The van der Waals surface area contributed by atoms with Gasteiger partial charge in [0.1, 0.15) is 0 Å². The van der Waals surface area contributed by atoms with Gasteiger partial charge in [0.05, 0.1) is 11.3 Å². The Balaban J connectivity index is 2.14. The van der Waals surface area contributed by atoms with Crippen molar-refractivity contribution in [2.45, 2.75) is 51.6 Å². The van der Waals surface area contributed by atoms with E-state index in [0.717, 1.165) is 25.0 Å². The molecule has 4 nitrogen and oxygen atoms in total. The zero-order chi connectivity index (χ0) is 12.5. The number of rotatable bonds is 3. The Hall–Kier alpha value is -0.900. The van der Waals surface area contributed by atoms with Gasteiger partial charge in [0, 0.05) is 19.7 Å². The third-order valence-electron chi connectivity index (χ3n) is 4.01. The topological polar surface area (TPSA) is 50.9 Å². The van der Waals surface area contributed by atoms with Crippen molar-refractivity contribution < 1.29 is 5.11 Å². The lowest BCUT2D eigenvalue weighted by Crippen LogP contribution is -2.45. The van der Waals surface area contributed by atoms with Crippen molar-refractivity contribution in [2.24, 2.45) is 18.9 Å². The Morgan fingerprint density at radius 1 is 1.53 bits per heavy atom. The normalized spacial score (nSPS) is 29.8. The van der Waals surface area contributed by atoms with Gasteiger partial charge < -0.3 is 5.11 Å². The van der Waals surface area contributed by atoms with Crippen LogP contribution in [-0.2, 0) is 13.5 Å². The van der Waals surface area contributed by atoms with Gasteiger partial charge in [-0.2, -0.15) is 0 Å². The van der Waals surface area contributed by atoms with Crippen molar-refractivity contribution in [3.8, 4) is 0 Å². The first-order valence-corrected chi connectivity index (χ1v) is 6.59. The molecule has 1 saturated carbocycles. The summed E-state index contributed by atoms with van der Waals surface area (Å²) in [7, 11) is 1.86. The molecule has 0 bridgehead atoms. The molecule has 1 aliphatic rings. The van der Waals surface area contributed by atoms with Crippen LogP contribution in [0, 0.1) is 11.8 Å². The maximum atomic E-state index is 10.9. The molecule has 1 heterocycles. The minimum absolute atomic E-state index is 0.387. The molecule has 1 aromatic rings. The van der Waals surface area contributed by atoms with Crippen molar-refractivity contribution >= 4 is 0 Å². The predicted molar refractivity (Wildman–Crippen MR) is 66.5 cm³/mol. The average molecular weight is 237 g/mol. The van der Waals surface area contributed by atoms with Crippen LogP contribution in [0.3, 0.4) is 0 Å². The zero-order valence-electron chi connectivity index (χ0n) is 11.1. The highest BCUT2D eigenvalue weighted by Crippen LogP contribution is 2.40. The highest BCUT2D eigenvalue weighted by Gasteiger charge is 2.40. The highest BCUT2D eigenvalue weighted by atomic mass is 16.3. The number of hydrogen-bond donors (Lipinski definition) is 1. The van der Waals surface area contributed by atoms with Crippen LogP contribution >= 0.6 is 0 Å². The lowest BCUT2D eigenvalue weighted by molar-refractivity contribution is -0.0659. The summed E-state index contributed by atoms with van der Waals surface area (Å²) in [6.07, 6.45) is 6.94. The molecule has 0 spiro atoms. The standard InChI is InChI=1S/C13H23N3O/c1-10(2)12-6-4-5-7-13(12,17)8-11-9-16(3)15-14-11/h9-10,12,17H,4-8H2,1-3H3. The van der Waals surface area contributed by atoms with Crippen LogP contribution in [0.15, 0.2) is 6.20 Å². The minimum Gasteiger partial charge on any atom is -0.389 e. The monoisotopic (exact) mass is 237 g/mol. The third kappa shape index (κ3) is 2.68. The quantitative estimate of drug-likeness (QED) is 0.874. The maximum Gasteiger partial charge on any atom is 0.0855 e. The Kier molecular flexibility index (Phi) is 3.52. The number of hydrogen-bond acceptors (Lipinski definition) is 3. The summed E-state index contributed by atoms with van der Waals surface area (Å²) >= 11 is 0. The molecule has 0 saturated heterocycles. The van der Waals surface area contributed by atoms with Gasteiger partial charge in [-0.05, 0) is 24.7 Å². The van der Waals surface area contributed by atoms with Crippen LogP contribution in [0.5, 0.6) is 0 Å². The van der Waals surface area contributed by atoms with Crippen LogP contribution < -0.4 is 0 Å². The van der Waals surface area contributed by atoms with E-state index in [-0.39, 0.29) is 0 Å². The number of aliphatic hydroxyl groups is 1. The summed E-state index contributed by atoms with van der Waals surface area (Å²) < 4.78 is 1.70. The van der Waals surface area contributed by atoms with Gasteiger partial charge in [0.2, 0.25) is 0 Å². The first-order chi connectivity index (χ1) is 8.01. The third-order valence-corrected chi connectivity index (χ3v) is 4.01. The Bertz CT molecular complexity index is 374. The highest BCUT2D eigenvalue weighted by molar-refractivity contribution is 5.03. The lowest BCUT2D eigenvalue weighted by Gasteiger charge is -2.42. The smallest absolute Gasteiger partial charge is 0.0855 e. The van der Waals surface area contributed by atoms with Gasteiger partial charge >= 0.3 is 0 Å². The maximum absolute atomic E-state index is 10.9. The molecule has 2 unspecified atom stereocenters. The SMILES string of the molecule is CC(C)C1CCCCC1(O)Cc1cn(C)nn1. The molecule has 4 heteroatoms. The number of aromatic nitrogens is 3. The second kappa shape index (κ2) is 4.77. The van der Waals surface area contributed by atoms with Gasteiger partial charge in [0.15, 0.2) is 0 Å². The fourth-order valence-electron chi connectivity index (χ4n) is 3.21. The molecule has 1 aliphatic carbocycles. The molecular formula is C13H23N3O. The van der Waals surface area contributed by atoms with E-state index in [0.29, 0.717) is 18.3 Å². The zero-order valence-corrected chi connectivity index (χ0v) is 11.1. The van der Waals surface area contributed by atoms with E-state index in [1.165, 1.54) is 6.42 Å². The van der Waals surface area contributed by atoms with Crippen molar-refractivity contribution in [2.75, 3.05) is 0 Å². The van der Waals surface area contributed by atoms with Crippen LogP contribution in [0.25, 0.3) is 0 Å². The van der Waals surface area contributed by atoms with E-state index < -0.39 is 5.60 Å². The average Bonchev–Trinajstić information content (AvgIpc) is 2.63. The van der Waals surface area contributed by atoms with E-state index in [1.54, 1.807) is 4.68 Å². The molecule has 1 N–H and O–H groups in total.